The van der Waals surface area contributed by atoms with Gasteiger partial charge >= 0.3 is 0 Å². The van der Waals surface area contributed by atoms with Crippen molar-refractivity contribution >= 4 is 26.8 Å². The molecule has 6 heteroatoms. The maximum atomic E-state index is 12.8. The maximum Gasteiger partial charge on any atom is 0.276 e. The second-order valence-corrected chi connectivity index (χ2v) is 6.49. The second kappa shape index (κ2) is 6.57. The number of halogens is 1. The molecule has 3 heterocycles. The molecular formula is C19H13BrN4O. The number of pyridine rings is 2. The van der Waals surface area contributed by atoms with Crippen LogP contribution in [0, 0.1) is 0 Å². The van der Waals surface area contributed by atoms with E-state index in [0.29, 0.717) is 23.1 Å². The topological polar surface area (TPSA) is 60.7 Å². The SMILES string of the molecule is O=c1c2cccnc2c(-c2cccc(Br)c2)nn1Cc1ccncc1. The van der Waals surface area contributed by atoms with Crippen LogP contribution >= 0.6 is 15.9 Å². The van der Waals surface area contributed by atoms with Crippen LogP contribution in [-0.4, -0.2) is 19.7 Å². The van der Waals surface area contributed by atoms with Gasteiger partial charge in [-0.25, -0.2) is 4.68 Å². The number of aromatic nitrogens is 4. The molecule has 4 rings (SSSR count). The summed E-state index contributed by atoms with van der Waals surface area (Å²) in [7, 11) is 0. The number of hydrogen-bond donors (Lipinski definition) is 0. The fraction of sp³-hybridized carbons (Fsp3) is 0.0526. The van der Waals surface area contributed by atoms with Gasteiger partial charge in [-0.1, -0.05) is 28.1 Å². The summed E-state index contributed by atoms with van der Waals surface area (Å²) < 4.78 is 2.43. The second-order valence-electron chi connectivity index (χ2n) is 5.58. The van der Waals surface area contributed by atoms with E-state index in [4.69, 9.17) is 0 Å². The highest BCUT2D eigenvalue weighted by atomic mass is 79.9. The fourth-order valence-electron chi connectivity index (χ4n) is 2.72. The average molecular weight is 393 g/mol. The van der Waals surface area contributed by atoms with E-state index in [1.54, 1.807) is 30.7 Å². The Morgan fingerprint density at radius 2 is 1.84 bits per heavy atom. The van der Waals surface area contributed by atoms with Crippen LogP contribution < -0.4 is 5.56 Å². The molecule has 0 N–H and O–H groups in total. The Morgan fingerprint density at radius 3 is 2.64 bits per heavy atom. The molecule has 0 amide bonds. The minimum absolute atomic E-state index is 0.154. The summed E-state index contributed by atoms with van der Waals surface area (Å²) in [5.41, 5.74) is 3.01. The molecule has 25 heavy (non-hydrogen) atoms. The van der Waals surface area contributed by atoms with Gasteiger partial charge in [-0.15, -0.1) is 0 Å². The van der Waals surface area contributed by atoms with E-state index in [2.05, 4.69) is 31.0 Å². The first-order valence-electron chi connectivity index (χ1n) is 7.73. The Bertz CT molecular complexity index is 1110. The van der Waals surface area contributed by atoms with Gasteiger partial charge in [0, 0.05) is 28.6 Å². The Balaban J connectivity index is 1.96. The number of rotatable bonds is 3. The number of benzene rings is 1. The molecule has 0 unspecified atom stereocenters. The van der Waals surface area contributed by atoms with Crippen molar-refractivity contribution in [3.8, 4) is 11.3 Å². The Morgan fingerprint density at radius 1 is 1.00 bits per heavy atom. The number of hydrogen-bond acceptors (Lipinski definition) is 4. The van der Waals surface area contributed by atoms with Crippen molar-refractivity contribution in [2.75, 3.05) is 0 Å². The third-order valence-electron chi connectivity index (χ3n) is 3.90. The summed E-state index contributed by atoms with van der Waals surface area (Å²) in [6.07, 6.45) is 5.09. The molecule has 3 aromatic heterocycles. The lowest BCUT2D eigenvalue weighted by molar-refractivity contribution is 0.649. The zero-order valence-electron chi connectivity index (χ0n) is 13.1. The zero-order valence-corrected chi connectivity index (χ0v) is 14.7. The summed E-state index contributed by atoms with van der Waals surface area (Å²) in [5, 5.41) is 5.16. The van der Waals surface area contributed by atoms with Crippen LogP contribution in [0.4, 0.5) is 0 Å². The minimum atomic E-state index is -0.154. The molecule has 0 aliphatic rings. The Hall–Kier alpha value is -2.86. The van der Waals surface area contributed by atoms with Crippen LogP contribution in [0.15, 0.2) is 76.4 Å². The Labute approximate surface area is 152 Å². The number of nitrogens with zero attached hydrogens (tertiary/aromatic N) is 4. The van der Waals surface area contributed by atoms with E-state index in [-0.39, 0.29) is 5.56 Å². The first-order chi connectivity index (χ1) is 12.2. The molecule has 0 aliphatic carbocycles. The van der Waals surface area contributed by atoms with Crippen molar-refractivity contribution in [3.63, 3.8) is 0 Å². The van der Waals surface area contributed by atoms with E-state index < -0.39 is 0 Å². The molecule has 5 nitrogen and oxygen atoms in total. The van der Waals surface area contributed by atoms with Crippen LogP contribution in [0.2, 0.25) is 0 Å². The highest BCUT2D eigenvalue weighted by Crippen LogP contribution is 2.25. The Kier molecular flexibility index (Phi) is 4.11. The maximum absolute atomic E-state index is 12.8. The van der Waals surface area contributed by atoms with Crippen molar-refractivity contribution in [2.24, 2.45) is 0 Å². The standard InChI is InChI=1S/C19H13BrN4O/c20-15-4-1-3-14(11-15)17-18-16(5-2-8-22-18)19(25)24(23-17)12-13-6-9-21-10-7-13/h1-11H,12H2. The van der Waals surface area contributed by atoms with E-state index in [9.17, 15) is 4.79 Å². The van der Waals surface area contributed by atoms with Gasteiger partial charge in [0.1, 0.15) is 11.2 Å². The van der Waals surface area contributed by atoms with Crippen LogP contribution in [0.5, 0.6) is 0 Å². The van der Waals surface area contributed by atoms with Crippen molar-refractivity contribution < 1.29 is 0 Å². The molecule has 0 atom stereocenters. The van der Waals surface area contributed by atoms with Crippen molar-refractivity contribution in [2.45, 2.75) is 6.54 Å². The van der Waals surface area contributed by atoms with Gasteiger partial charge in [-0.2, -0.15) is 5.10 Å². The van der Waals surface area contributed by atoms with Crippen LogP contribution in [0.25, 0.3) is 22.2 Å². The summed E-state index contributed by atoms with van der Waals surface area (Å²) >= 11 is 3.49. The van der Waals surface area contributed by atoms with Gasteiger partial charge in [-0.05, 0) is 42.0 Å². The first kappa shape index (κ1) is 15.7. The van der Waals surface area contributed by atoms with Crippen molar-refractivity contribution in [3.05, 3.63) is 87.5 Å². The third-order valence-corrected chi connectivity index (χ3v) is 4.39. The largest absolute Gasteiger partial charge is 0.276 e. The fourth-order valence-corrected chi connectivity index (χ4v) is 3.12. The lowest BCUT2D eigenvalue weighted by Gasteiger charge is -2.11. The lowest BCUT2D eigenvalue weighted by atomic mass is 10.1. The van der Waals surface area contributed by atoms with Crippen molar-refractivity contribution in [1.29, 1.82) is 0 Å². The molecule has 122 valence electrons. The van der Waals surface area contributed by atoms with E-state index in [0.717, 1.165) is 15.6 Å². The third kappa shape index (κ3) is 3.08. The highest BCUT2D eigenvalue weighted by Gasteiger charge is 2.13. The molecule has 0 spiro atoms. The summed E-state index contributed by atoms with van der Waals surface area (Å²) in [5.74, 6) is 0. The molecular weight excluding hydrogens is 380 g/mol. The van der Waals surface area contributed by atoms with Crippen LogP contribution in [0.3, 0.4) is 0 Å². The first-order valence-corrected chi connectivity index (χ1v) is 8.52. The van der Waals surface area contributed by atoms with Gasteiger partial charge in [0.25, 0.3) is 5.56 Å². The highest BCUT2D eigenvalue weighted by molar-refractivity contribution is 9.10. The van der Waals surface area contributed by atoms with Crippen molar-refractivity contribution in [1.82, 2.24) is 19.7 Å². The monoisotopic (exact) mass is 392 g/mol. The molecule has 0 saturated carbocycles. The predicted octanol–water partition coefficient (Wildman–Crippen LogP) is 3.66. The van der Waals surface area contributed by atoms with E-state index in [1.165, 1.54) is 4.68 Å². The zero-order chi connectivity index (χ0) is 17.2. The summed E-state index contributed by atoms with van der Waals surface area (Å²) in [4.78, 5) is 21.2. The molecule has 0 bridgehead atoms. The summed E-state index contributed by atoms with van der Waals surface area (Å²) in [6, 6.07) is 15.1. The van der Waals surface area contributed by atoms with Crippen LogP contribution in [-0.2, 0) is 6.54 Å². The molecule has 0 radical (unpaired) electrons. The predicted molar refractivity (Wildman–Crippen MR) is 100 cm³/mol. The lowest BCUT2D eigenvalue weighted by Crippen LogP contribution is -2.24. The van der Waals surface area contributed by atoms with Crippen LogP contribution in [0.1, 0.15) is 5.56 Å². The van der Waals surface area contributed by atoms with Gasteiger partial charge in [0.15, 0.2) is 0 Å². The quantitative estimate of drug-likeness (QED) is 0.533. The summed E-state index contributed by atoms with van der Waals surface area (Å²) in [6.45, 7) is 0.382. The van der Waals surface area contributed by atoms with E-state index >= 15 is 0 Å². The van der Waals surface area contributed by atoms with Gasteiger partial charge < -0.3 is 0 Å². The van der Waals surface area contributed by atoms with Gasteiger partial charge in [0.2, 0.25) is 0 Å². The van der Waals surface area contributed by atoms with Gasteiger partial charge in [0.05, 0.1) is 11.9 Å². The molecule has 1 aromatic carbocycles. The van der Waals surface area contributed by atoms with Gasteiger partial charge in [-0.3, -0.25) is 14.8 Å². The smallest absolute Gasteiger partial charge is 0.267 e. The number of fused-ring (bicyclic) bond motifs is 1. The minimum Gasteiger partial charge on any atom is -0.267 e. The molecule has 0 saturated heterocycles. The van der Waals surface area contributed by atoms with E-state index in [1.807, 2.05) is 36.4 Å². The molecule has 0 fully saturated rings. The molecule has 4 aromatic rings. The average Bonchev–Trinajstić information content (AvgIpc) is 2.65. The normalized spacial score (nSPS) is 10.9. The molecule has 0 aliphatic heterocycles.